The second-order valence-corrected chi connectivity index (χ2v) is 7.66. The molecule has 3 nitrogen and oxygen atoms in total. The first kappa shape index (κ1) is 24.5. The molecule has 28 heavy (non-hydrogen) atoms. The zero-order valence-electron chi connectivity index (χ0n) is 18.3. The molecule has 0 aliphatic heterocycles. The zero-order valence-corrected chi connectivity index (χ0v) is 18.3. The van der Waals surface area contributed by atoms with Crippen LogP contribution in [0.4, 0.5) is 0 Å². The van der Waals surface area contributed by atoms with Gasteiger partial charge < -0.3 is 9.47 Å². The van der Waals surface area contributed by atoms with E-state index in [2.05, 4.69) is 6.92 Å². The lowest BCUT2D eigenvalue weighted by Crippen LogP contribution is -2.08. The lowest BCUT2D eigenvalue weighted by Gasteiger charge is -2.10. The van der Waals surface area contributed by atoms with Gasteiger partial charge in [0.05, 0.1) is 13.2 Å². The third-order valence-corrected chi connectivity index (χ3v) is 5.14. The van der Waals surface area contributed by atoms with E-state index in [1.54, 1.807) is 6.07 Å². The molecule has 0 spiro atoms. The lowest BCUT2D eigenvalue weighted by molar-refractivity contribution is 0.0521. The van der Waals surface area contributed by atoms with Gasteiger partial charge in [0.25, 0.3) is 0 Å². The van der Waals surface area contributed by atoms with E-state index >= 15 is 0 Å². The van der Waals surface area contributed by atoms with Gasteiger partial charge in [0.1, 0.15) is 11.3 Å². The first-order valence-electron chi connectivity index (χ1n) is 11.7. The standard InChI is InChI=1S/C25H42O3/c1-3-5-6-7-8-9-10-11-12-13-14-15-16-19-22-28-24-21-18-17-20-23(24)25(26)27-4-2/h17-18,20-21H,3-16,19,22H2,1-2H3. The fourth-order valence-corrected chi connectivity index (χ4v) is 3.45. The van der Waals surface area contributed by atoms with E-state index in [1.165, 1.54) is 83.5 Å². The number of carbonyl (C=O) groups is 1. The fraction of sp³-hybridized carbons (Fsp3) is 0.720. The highest BCUT2D eigenvalue weighted by atomic mass is 16.5. The van der Waals surface area contributed by atoms with E-state index < -0.39 is 0 Å². The molecular formula is C25H42O3. The van der Waals surface area contributed by atoms with Crippen molar-refractivity contribution in [3.05, 3.63) is 29.8 Å². The fourth-order valence-electron chi connectivity index (χ4n) is 3.45. The van der Waals surface area contributed by atoms with Crippen LogP contribution < -0.4 is 4.74 Å². The molecule has 1 aromatic rings. The molecule has 0 N–H and O–H groups in total. The van der Waals surface area contributed by atoms with Crippen LogP contribution in [0, 0.1) is 0 Å². The summed E-state index contributed by atoms with van der Waals surface area (Å²) in [5.41, 5.74) is 0.523. The average molecular weight is 391 g/mol. The Morgan fingerprint density at radius 3 is 1.75 bits per heavy atom. The Balaban J connectivity index is 1.95. The van der Waals surface area contributed by atoms with Crippen molar-refractivity contribution >= 4 is 5.97 Å². The quantitative estimate of drug-likeness (QED) is 0.190. The van der Waals surface area contributed by atoms with Crippen molar-refractivity contribution < 1.29 is 14.3 Å². The Morgan fingerprint density at radius 2 is 1.21 bits per heavy atom. The summed E-state index contributed by atoms with van der Waals surface area (Å²) >= 11 is 0. The van der Waals surface area contributed by atoms with E-state index in [-0.39, 0.29) is 5.97 Å². The smallest absolute Gasteiger partial charge is 0.341 e. The number of benzene rings is 1. The van der Waals surface area contributed by atoms with Gasteiger partial charge in [-0.15, -0.1) is 0 Å². The largest absolute Gasteiger partial charge is 0.493 e. The number of ether oxygens (including phenoxy) is 2. The predicted octanol–water partition coefficient (Wildman–Crippen LogP) is 7.72. The van der Waals surface area contributed by atoms with Crippen molar-refractivity contribution in [1.29, 1.82) is 0 Å². The van der Waals surface area contributed by atoms with Crippen LogP contribution in [-0.2, 0) is 4.74 Å². The Kier molecular flexibility index (Phi) is 15.4. The highest BCUT2D eigenvalue weighted by Crippen LogP contribution is 2.20. The van der Waals surface area contributed by atoms with Crippen LogP contribution in [0.15, 0.2) is 24.3 Å². The Morgan fingerprint density at radius 1 is 0.714 bits per heavy atom. The van der Waals surface area contributed by atoms with Gasteiger partial charge in [-0.2, -0.15) is 0 Å². The number of para-hydroxylation sites is 1. The summed E-state index contributed by atoms with van der Waals surface area (Å²) in [6.07, 6.45) is 18.9. The second-order valence-electron chi connectivity index (χ2n) is 7.66. The molecule has 0 aromatic heterocycles. The van der Waals surface area contributed by atoms with Crippen LogP contribution in [0.25, 0.3) is 0 Å². The topological polar surface area (TPSA) is 35.5 Å². The van der Waals surface area contributed by atoms with Crippen molar-refractivity contribution in [3.8, 4) is 5.75 Å². The molecule has 0 fully saturated rings. The van der Waals surface area contributed by atoms with Gasteiger partial charge in [-0.05, 0) is 25.5 Å². The van der Waals surface area contributed by atoms with Gasteiger partial charge in [0, 0.05) is 0 Å². The van der Waals surface area contributed by atoms with Crippen molar-refractivity contribution in [2.45, 2.75) is 104 Å². The second kappa shape index (κ2) is 17.6. The first-order valence-corrected chi connectivity index (χ1v) is 11.7. The highest BCUT2D eigenvalue weighted by Gasteiger charge is 2.12. The molecular weight excluding hydrogens is 348 g/mol. The summed E-state index contributed by atoms with van der Waals surface area (Å²) in [5.74, 6) is 0.328. The summed E-state index contributed by atoms with van der Waals surface area (Å²) < 4.78 is 10.9. The van der Waals surface area contributed by atoms with Gasteiger partial charge in [-0.3, -0.25) is 0 Å². The van der Waals surface area contributed by atoms with Gasteiger partial charge in [-0.25, -0.2) is 4.79 Å². The Labute approximate surface area is 173 Å². The third kappa shape index (κ3) is 12.0. The summed E-state index contributed by atoms with van der Waals surface area (Å²) in [6.45, 7) is 5.13. The molecule has 0 bridgehead atoms. The van der Waals surface area contributed by atoms with E-state index in [4.69, 9.17) is 9.47 Å². The van der Waals surface area contributed by atoms with E-state index in [0.29, 0.717) is 24.5 Å². The maximum atomic E-state index is 11.9. The van der Waals surface area contributed by atoms with E-state index in [9.17, 15) is 4.79 Å². The number of carbonyl (C=O) groups excluding carboxylic acids is 1. The molecule has 0 atom stereocenters. The minimum atomic E-state index is -0.306. The molecule has 1 rings (SSSR count). The molecule has 0 aliphatic rings. The van der Waals surface area contributed by atoms with Crippen LogP contribution in [0.5, 0.6) is 5.75 Å². The minimum Gasteiger partial charge on any atom is -0.493 e. The zero-order chi connectivity index (χ0) is 20.3. The van der Waals surface area contributed by atoms with E-state index in [0.717, 1.165) is 6.42 Å². The summed E-state index contributed by atoms with van der Waals surface area (Å²) in [7, 11) is 0. The maximum Gasteiger partial charge on any atom is 0.341 e. The molecule has 3 heteroatoms. The van der Waals surface area contributed by atoms with Crippen molar-refractivity contribution in [3.63, 3.8) is 0 Å². The molecule has 0 amide bonds. The molecule has 0 saturated carbocycles. The van der Waals surface area contributed by atoms with Gasteiger partial charge in [-0.1, -0.05) is 103 Å². The van der Waals surface area contributed by atoms with Gasteiger partial charge in [0.15, 0.2) is 0 Å². The predicted molar refractivity (Wildman–Crippen MR) is 118 cm³/mol. The number of hydrogen-bond donors (Lipinski definition) is 0. The van der Waals surface area contributed by atoms with Crippen LogP contribution >= 0.6 is 0 Å². The SMILES string of the molecule is CCCCCCCCCCCCCCCCOc1ccccc1C(=O)OCC. The van der Waals surface area contributed by atoms with Crippen molar-refractivity contribution in [2.75, 3.05) is 13.2 Å². The van der Waals surface area contributed by atoms with Crippen molar-refractivity contribution in [1.82, 2.24) is 0 Å². The molecule has 0 radical (unpaired) electrons. The third-order valence-electron chi connectivity index (χ3n) is 5.14. The Bertz CT molecular complexity index is 498. The molecule has 0 aliphatic carbocycles. The van der Waals surface area contributed by atoms with Gasteiger partial charge >= 0.3 is 5.97 Å². The van der Waals surface area contributed by atoms with Crippen LogP contribution in [0.2, 0.25) is 0 Å². The maximum absolute atomic E-state index is 11.9. The summed E-state index contributed by atoms with van der Waals surface area (Å²) in [6, 6.07) is 7.34. The first-order chi connectivity index (χ1) is 13.8. The Hall–Kier alpha value is -1.51. The van der Waals surface area contributed by atoms with Crippen LogP contribution in [0.1, 0.15) is 114 Å². The minimum absolute atomic E-state index is 0.306. The molecule has 0 heterocycles. The summed E-state index contributed by atoms with van der Waals surface area (Å²) in [5, 5.41) is 0. The average Bonchev–Trinajstić information content (AvgIpc) is 2.71. The normalized spacial score (nSPS) is 10.8. The number of esters is 1. The molecule has 1 aromatic carbocycles. The number of unbranched alkanes of at least 4 members (excludes halogenated alkanes) is 13. The highest BCUT2D eigenvalue weighted by molar-refractivity contribution is 5.92. The number of rotatable bonds is 18. The molecule has 160 valence electrons. The van der Waals surface area contributed by atoms with Crippen LogP contribution in [-0.4, -0.2) is 19.2 Å². The summed E-state index contributed by atoms with van der Waals surface area (Å²) in [4.78, 5) is 11.9. The van der Waals surface area contributed by atoms with Crippen molar-refractivity contribution in [2.24, 2.45) is 0 Å². The van der Waals surface area contributed by atoms with E-state index in [1.807, 2.05) is 25.1 Å². The van der Waals surface area contributed by atoms with Crippen LogP contribution in [0.3, 0.4) is 0 Å². The van der Waals surface area contributed by atoms with Gasteiger partial charge in [0.2, 0.25) is 0 Å². The monoisotopic (exact) mass is 390 g/mol. The lowest BCUT2D eigenvalue weighted by atomic mass is 10.0. The molecule has 0 saturated heterocycles. The molecule has 0 unspecified atom stereocenters. The number of hydrogen-bond acceptors (Lipinski definition) is 3.